The Kier molecular flexibility index (Phi) is 6.27. The first-order chi connectivity index (χ1) is 17.3. The predicted octanol–water partition coefficient (Wildman–Crippen LogP) is 3.39. The van der Waals surface area contributed by atoms with Crippen LogP contribution in [0, 0.1) is 0 Å². The topological polar surface area (TPSA) is 111 Å². The average Bonchev–Trinajstić information content (AvgIpc) is 3.22. The van der Waals surface area contributed by atoms with E-state index in [1.807, 2.05) is 31.2 Å². The van der Waals surface area contributed by atoms with Gasteiger partial charge >= 0.3 is 5.97 Å². The molecule has 5 rings (SSSR count). The normalized spacial score (nSPS) is 16.2. The molecule has 186 valence electrons. The number of para-hydroxylation sites is 1. The first-order valence-electron chi connectivity index (χ1n) is 11.4. The summed E-state index contributed by atoms with van der Waals surface area (Å²) in [5.41, 5.74) is 2.37. The maximum absolute atomic E-state index is 12.8. The van der Waals surface area contributed by atoms with Gasteiger partial charge in [-0.1, -0.05) is 18.2 Å². The molecule has 9 nitrogen and oxygen atoms in total. The number of hydrogen-bond donors (Lipinski definition) is 1. The first-order valence-corrected chi connectivity index (χ1v) is 12.9. The van der Waals surface area contributed by atoms with E-state index in [1.165, 1.54) is 36.4 Å². The van der Waals surface area contributed by atoms with Crippen molar-refractivity contribution in [3.63, 3.8) is 0 Å². The lowest BCUT2D eigenvalue weighted by Crippen LogP contribution is -2.38. The summed E-state index contributed by atoms with van der Waals surface area (Å²) in [7, 11) is -3.89. The second-order valence-corrected chi connectivity index (χ2v) is 10.2. The molecule has 36 heavy (non-hydrogen) atoms. The van der Waals surface area contributed by atoms with Crippen LogP contribution < -0.4 is 19.1 Å². The molecule has 1 N–H and O–H groups in total. The van der Waals surface area contributed by atoms with Crippen molar-refractivity contribution >= 4 is 33.3 Å². The van der Waals surface area contributed by atoms with Crippen molar-refractivity contribution in [2.24, 2.45) is 0 Å². The Bertz CT molecular complexity index is 1420. The number of amides is 1. The van der Waals surface area contributed by atoms with E-state index in [1.54, 1.807) is 11.0 Å². The summed E-state index contributed by atoms with van der Waals surface area (Å²) in [5, 5.41) is 0. The van der Waals surface area contributed by atoms with Crippen LogP contribution in [0.1, 0.15) is 22.8 Å². The van der Waals surface area contributed by atoms with Crippen LogP contribution in [0.5, 0.6) is 11.5 Å². The van der Waals surface area contributed by atoms with Gasteiger partial charge in [-0.05, 0) is 61.4 Å². The van der Waals surface area contributed by atoms with Crippen LogP contribution in [0.15, 0.2) is 71.6 Å². The number of rotatable bonds is 6. The van der Waals surface area contributed by atoms with Crippen molar-refractivity contribution in [3.8, 4) is 11.5 Å². The summed E-state index contributed by atoms with van der Waals surface area (Å²) >= 11 is 0. The molecule has 0 radical (unpaired) electrons. The van der Waals surface area contributed by atoms with Crippen LogP contribution >= 0.6 is 0 Å². The van der Waals surface area contributed by atoms with E-state index in [0.29, 0.717) is 24.7 Å². The number of fused-ring (bicyclic) bond motifs is 2. The number of nitrogens with one attached hydrogen (secondary N) is 1. The van der Waals surface area contributed by atoms with Gasteiger partial charge in [-0.3, -0.25) is 9.52 Å². The number of carbonyl (C=O) groups excluding carboxylic acids is 2. The highest BCUT2D eigenvalue weighted by molar-refractivity contribution is 7.92. The van der Waals surface area contributed by atoms with Gasteiger partial charge in [0.25, 0.3) is 15.9 Å². The third kappa shape index (κ3) is 4.72. The van der Waals surface area contributed by atoms with E-state index in [0.717, 1.165) is 17.7 Å². The predicted molar refractivity (Wildman–Crippen MR) is 132 cm³/mol. The number of hydrogen-bond acceptors (Lipinski definition) is 7. The lowest BCUT2D eigenvalue weighted by molar-refractivity contribution is -0.122. The summed E-state index contributed by atoms with van der Waals surface area (Å²) in [6.45, 7) is 2.31. The van der Waals surface area contributed by atoms with Crippen molar-refractivity contribution in [2.45, 2.75) is 24.3 Å². The lowest BCUT2D eigenvalue weighted by atomic mass is 10.1. The van der Waals surface area contributed by atoms with Crippen molar-refractivity contribution in [1.29, 1.82) is 0 Å². The van der Waals surface area contributed by atoms with Gasteiger partial charge in [0.1, 0.15) is 13.2 Å². The molecule has 2 aliphatic rings. The van der Waals surface area contributed by atoms with Crippen LogP contribution in [-0.4, -0.2) is 46.2 Å². The molecule has 0 aliphatic carbocycles. The summed E-state index contributed by atoms with van der Waals surface area (Å²) in [6.07, 6.45) is 0.749. The summed E-state index contributed by atoms with van der Waals surface area (Å²) in [6, 6.07) is 17.8. The second-order valence-electron chi connectivity index (χ2n) is 8.51. The van der Waals surface area contributed by atoms with E-state index in [2.05, 4.69) is 4.72 Å². The van der Waals surface area contributed by atoms with Crippen molar-refractivity contribution in [1.82, 2.24) is 0 Å². The SMILES string of the molecule is C[C@@H]1Cc2ccccc2N1C(=O)COC(=O)c1ccc(NS(=O)(=O)c2ccc3c(c2)OCCO3)cc1. The molecular formula is C26H24N2O7S. The van der Waals surface area contributed by atoms with Crippen molar-refractivity contribution in [3.05, 3.63) is 77.9 Å². The molecular weight excluding hydrogens is 484 g/mol. The first kappa shape index (κ1) is 23.7. The molecule has 0 saturated heterocycles. The maximum Gasteiger partial charge on any atom is 0.338 e. The van der Waals surface area contributed by atoms with Crippen LogP contribution in [0.3, 0.4) is 0 Å². The molecule has 0 saturated carbocycles. The zero-order valence-electron chi connectivity index (χ0n) is 19.5. The average molecular weight is 509 g/mol. The molecule has 0 fully saturated rings. The Labute approximate surface area is 208 Å². The van der Waals surface area contributed by atoms with Crippen LogP contribution in [0.4, 0.5) is 11.4 Å². The molecule has 3 aromatic rings. The molecule has 0 spiro atoms. The minimum absolute atomic E-state index is 0.0184. The fourth-order valence-electron chi connectivity index (χ4n) is 4.31. The minimum atomic E-state index is -3.89. The molecule has 1 amide bonds. The summed E-state index contributed by atoms with van der Waals surface area (Å²) in [5.74, 6) is -0.122. The Morgan fingerprint density at radius 3 is 2.50 bits per heavy atom. The number of nitrogens with zero attached hydrogens (tertiary/aromatic N) is 1. The highest BCUT2D eigenvalue weighted by atomic mass is 32.2. The van der Waals surface area contributed by atoms with Gasteiger partial charge < -0.3 is 19.1 Å². The van der Waals surface area contributed by atoms with E-state index in [-0.39, 0.29) is 28.1 Å². The molecule has 2 aliphatic heterocycles. The van der Waals surface area contributed by atoms with Gasteiger partial charge in [-0.15, -0.1) is 0 Å². The number of esters is 1. The Hall–Kier alpha value is -4.05. The van der Waals surface area contributed by atoms with Gasteiger partial charge in [0, 0.05) is 23.5 Å². The monoisotopic (exact) mass is 508 g/mol. The van der Waals surface area contributed by atoms with E-state index < -0.39 is 22.6 Å². The smallest absolute Gasteiger partial charge is 0.338 e. The number of sulfonamides is 1. The Morgan fingerprint density at radius 1 is 1.00 bits per heavy atom. The second kappa shape index (κ2) is 9.54. The van der Waals surface area contributed by atoms with Crippen LogP contribution in [0.2, 0.25) is 0 Å². The molecule has 3 aromatic carbocycles. The largest absolute Gasteiger partial charge is 0.486 e. The highest BCUT2D eigenvalue weighted by Crippen LogP contribution is 2.33. The lowest BCUT2D eigenvalue weighted by Gasteiger charge is -2.22. The van der Waals surface area contributed by atoms with Gasteiger partial charge in [-0.2, -0.15) is 0 Å². The van der Waals surface area contributed by atoms with E-state index in [4.69, 9.17) is 14.2 Å². The zero-order valence-corrected chi connectivity index (χ0v) is 20.3. The Balaban J connectivity index is 1.20. The highest BCUT2D eigenvalue weighted by Gasteiger charge is 2.31. The number of benzene rings is 3. The fourth-order valence-corrected chi connectivity index (χ4v) is 5.38. The third-order valence-corrected chi connectivity index (χ3v) is 7.38. The van der Waals surface area contributed by atoms with Crippen molar-refractivity contribution in [2.75, 3.05) is 29.4 Å². The molecule has 0 unspecified atom stereocenters. The van der Waals surface area contributed by atoms with Gasteiger partial charge in [-0.25, -0.2) is 13.2 Å². The number of carbonyl (C=O) groups is 2. The molecule has 0 aromatic heterocycles. The van der Waals surface area contributed by atoms with Gasteiger partial charge in [0.15, 0.2) is 18.1 Å². The van der Waals surface area contributed by atoms with E-state index in [9.17, 15) is 18.0 Å². The number of anilines is 2. The van der Waals surface area contributed by atoms with Crippen LogP contribution in [0.25, 0.3) is 0 Å². The van der Waals surface area contributed by atoms with Crippen LogP contribution in [-0.2, 0) is 26.0 Å². The van der Waals surface area contributed by atoms with Crippen molar-refractivity contribution < 1.29 is 32.2 Å². The summed E-state index contributed by atoms with van der Waals surface area (Å²) in [4.78, 5) is 26.9. The quantitative estimate of drug-likeness (QED) is 0.508. The molecule has 2 heterocycles. The van der Waals surface area contributed by atoms with E-state index >= 15 is 0 Å². The Morgan fingerprint density at radius 2 is 1.72 bits per heavy atom. The maximum atomic E-state index is 12.8. The van der Waals surface area contributed by atoms with Gasteiger partial charge in [0.2, 0.25) is 0 Å². The molecule has 10 heteroatoms. The standard InChI is InChI=1S/C26H24N2O7S/c1-17-14-19-4-2-3-5-22(19)28(17)25(29)16-35-26(30)18-6-8-20(9-7-18)27-36(31,32)21-10-11-23-24(15-21)34-13-12-33-23/h2-11,15,17,27H,12-14,16H2,1H3/t17-/m1/s1. The zero-order chi connectivity index (χ0) is 25.3. The van der Waals surface area contributed by atoms with Gasteiger partial charge in [0.05, 0.1) is 10.5 Å². The summed E-state index contributed by atoms with van der Waals surface area (Å²) < 4.78 is 44.1. The third-order valence-electron chi connectivity index (χ3n) is 6.00. The molecule has 1 atom stereocenters. The fraction of sp³-hybridized carbons (Fsp3) is 0.231. The molecule has 0 bridgehead atoms. The minimum Gasteiger partial charge on any atom is -0.486 e. The number of ether oxygens (including phenoxy) is 3.